The summed E-state index contributed by atoms with van der Waals surface area (Å²) < 4.78 is 37.6. The van der Waals surface area contributed by atoms with Gasteiger partial charge in [-0.15, -0.1) is 0 Å². The first-order valence-electron chi connectivity index (χ1n) is 5.48. The van der Waals surface area contributed by atoms with Crippen molar-refractivity contribution < 1.29 is 13.2 Å². The number of aromatic nitrogens is 1. The van der Waals surface area contributed by atoms with E-state index in [1.54, 1.807) is 0 Å². The monoisotopic (exact) mass is 247 g/mol. The van der Waals surface area contributed by atoms with Gasteiger partial charge in [0.25, 0.3) is 0 Å². The van der Waals surface area contributed by atoms with Crippen molar-refractivity contribution >= 4 is 11.6 Å². The molecular formula is C11H16F3N3. The molecule has 0 bridgehead atoms. The Morgan fingerprint density at radius 1 is 1.29 bits per heavy atom. The first-order valence-corrected chi connectivity index (χ1v) is 5.48. The van der Waals surface area contributed by atoms with E-state index in [2.05, 4.69) is 10.3 Å². The average molecular weight is 247 g/mol. The van der Waals surface area contributed by atoms with Crippen LogP contribution >= 0.6 is 0 Å². The highest BCUT2D eigenvalue weighted by atomic mass is 19.4. The Labute approximate surface area is 98.2 Å². The van der Waals surface area contributed by atoms with E-state index in [9.17, 15) is 13.2 Å². The molecule has 17 heavy (non-hydrogen) atoms. The standard InChI is InChI=1S/C11H16F3N3/c1-3-8(4-2)16-10-6-7(11(12,13)14)5-9(15)17-10/h5-6,8H,3-4H2,1-2H3,(H3,15,16,17). The highest BCUT2D eigenvalue weighted by Gasteiger charge is 2.31. The van der Waals surface area contributed by atoms with E-state index in [0.29, 0.717) is 0 Å². The van der Waals surface area contributed by atoms with Crippen LogP contribution in [0.3, 0.4) is 0 Å². The second-order valence-electron chi connectivity index (χ2n) is 3.82. The lowest BCUT2D eigenvalue weighted by molar-refractivity contribution is -0.137. The van der Waals surface area contributed by atoms with Crippen molar-refractivity contribution in [2.75, 3.05) is 11.1 Å². The van der Waals surface area contributed by atoms with Gasteiger partial charge in [-0.25, -0.2) is 4.98 Å². The molecule has 1 rings (SSSR count). The van der Waals surface area contributed by atoms with Gasteiger partial charge in [0.2, 0.25) is 0 Å². The maximum absolute atomic E-state index is 12.5. The van der Waals surface area contributed by atoms with E-state index in [1.165, 1.54) is 0 Å². The Morgan fingerprint density at radius 3 is 2.35 bits per heavy atom. The first kappa shape index (κ1) is 13.6. The van der Waals surface area contributed by atoms with E-state index in [4.69, 9.17) is 5.73 Å². The predicted octanol–water partition coefficient (Wildman–Crippen LogP) is 3.28. The number of anilines is 2. The molecule has 0 unspecified atom stereocenters. The minimum Gasteiger partial charge on any atom is -0.384 e. The van der Waals surface area contributed by atoms with Gasteiger partial charge in [-0.2, -0.15) is 13.2 Å². The number of nitrogens with two attached hydrogens (primary N) is 1. The molecule has 0 spiro atoms. The van der Waals surface area contributed by atoms with Crippen LogP contribution in [-0.4, -0.2) is 11.0 Å². The molecule has 1 aromatic rings. The maximum atomic E-state index is 12.5. The molecule has 0 atom stereocenters. The Balaban J connectivity index is 2.97. The fraction of sp³-hybridized carbons (Fsp3) is 0.545. The molecule has 0 amide bonds. The summed E-state index contributed by atoms with van der Waals surface area (Å²) in [6.07, 6.45) is -2.77. The number of nitrogens with one attached hydrogen (secondary N) is 1. The fourth-order valence-corrected chi connectivity index (χ4v) is 1.49. The van der Waals surface area contributed by atoms with Crippen molar-refractivity contribution in [2.45, 2.75) is 38.9 Å². The van der Waals surface area contributed by atoms with Crippen LogP contribution in [0.4, 0.5) is 24.8 Å². The third-order valence-electron chi connectivity index (χ3n) is 2.51. The lowest BCUT2D eigenvalue weighted by Gasteiger charge is -2.17. The molecule has 6 heteroatoms. The molecule has 1 aromatic heterocycles. The summed E-state index contributed by atoms with van der Waals surface area (Å²) in [5, 5.41) is 2.94. The predicted molar refractivity (Wildman–Crippen MR) is 61.6 cm³/mol. The third kappa shape index (κ3) is 3.80. The first-order chi connectivity index (χ1) is 7.86. The number of hydrogen-bond acceptors (Lipinski definition) is 3. The van der Waals surface area contributed by atoms with Gasteiger partial charge in [-0.05, 0) is 25.0 Å². The zero-order valence-electron chi connectivity index (χ0n) is 9.80. The molecular weight excluding hydrogens is 231 g/mol. The van der Waals surface area contributed by atoms with Gasteiger partial charge in [-0.1, -0.05) is 13.8 Å². The molecule has 1 heterocycles. The summed E-state index contributed by atoms with van der Waals surface area (Å²) in [6.45, 7) is 3.91. The largest absolute Gasteiger partial charge is 0.416 e. The average Bonchev–Trinajstić information content (AvgIpc) is 2.24. The topological polar surface area (TPSA) is 50.9 Å². The summed E-state index contributed by atoms with van der Waals surface area (Å²) in [4.78, 5) is 3.85. The lowest BCUT2D eigenvalue weighted by Crippen LogP contribution is -2.19. The summed E-state index contributed by atoms with van der Waals surface area (Å²) >= 11 is 0. The van der Waals surface area contributed by atoms with Crippen molar-refractivity contribution in [3.05, 3.63) is 17.7 Å². The molecule has 0 saturated heterocycles. The molecule has 3 N–H and O–H groups in total. The van der Waals surface area contributed by atoms with E-state index < -0.39 is 11.7 Å². The Kier molecular flexibility index (Phi) is 4.20. The van der Waals surface area contributed by atoms with Crippen LogP contribution in [0.2, 0.25) is 0 Å². The van der Waals surface area contributed by atoms with Crippen LogP contribution < -0.4 is 11.1 Å². The van der Waals surface area contributed by atoms with Gasteiger partial charge in [0.05, 0.1) is 5.56 Å². The zero-order chi connectivity index (χ0) is 13.1. The van der Waals surface area contributed by atoms with Crippen LogP contribution in [-0.2, 0) is 6.18 Å². The van der Waals surface area contributed by atoms with E-state index >= 15 is 0 Å². The molecule has 3 nitrogen and oxygen atoms in total. The normalized spacial score (nSPS) is 11.9. The third-order valence-corrected chi connectivity index (χ3v) is 2.51. The highest BCUT2D eigenvalue weighted by Crippen LogP contribution is 2.31. The van der Waals surface area contributed by atoms with Gasteiger partial charge >= 0.3 is 6.18 Å². The molecule has 0 fully saturated rings. The minimum atomic E-state index is -4.40. The molecule has 96 valence electrons. The van der Waals surface area contributed by atoms with Crippen molar-refractivity contribution in [1.82, 2.24) is 4.98 Å². The number of alkyl halides is 3. The number of pyridine rings is 1. The molecule has 0 saturated carbocycles. The van der Waals surface area contributed by atoms with Gasteiger partial charge in [0.15, 0.2) is 0 Å². The second-order valence-corrected chi connectivity index (χ2v) is 3.82. The van der Waals surface area contributed by atoms with Gasteiger partial charge in [0, 0.05) is 6.04 Å². The number of nitrogen functional groups attached to an aromatic ring is 1. The lowest BCUT2D eigenvalue weighted by atomic mass is 10.1. The van der Waals surface area contributed by atoms with E-state index in [0.717, 1.165) is 25.0 Å². The van der Waals surface area contributed by atoms with Crippen molar-refractivity contribution in [3.8, 4) is 0 Å². The van der Waals surface area contributed by atoms with Crippen molar-refractivity contribution in [3.63, 3.8) is 0 Å². The Hall–Kier alpha value is -1.46. The number of hydrogen-bond donors (Lipinski definition) is 2. The number of nitrogens with zero attached hydrogens (tertiary/aromatic N) is 1. The number of halogens is 3. The fourth-order valence-electron chi connectivity index (χ4n) is 1.49. The number of rotatable bonds is 4. The Morgan fingerprint density at radius 2 is 1.88 bits per heavy atom. The molecule has 0 aliphatic heterocycles. The van der Waals surface area contributed by atoms with Crippen molar-refractivity contribution in [2.24, 2.45) is 0 Å². The van der Waals surface area contributed by atoms with Gasteiger partial charge in [0.1, 0.15) is 11.6 Å². The second kappa shape index (κ2) is 5.25. The van der Waals surface area contributed by atoms with Crippen LogP contribution in [0.5, 0.6) is 0 Å². The van der Waals surface area contributed by atoms with Gasteiger partial charge < -0.3 is 11.1 Å². The summed E-state index contributed by atoms with van der Waals surface area (Å²) in [6, 6.07) is 1.91. The molecule has 0 radical (unpaired) electrons. The Bertz CT molecular complexity index is 373. The van der Waals surface area contributed by atoms with Crippen molar-refractivity contribution in [1.29, 1.82) is 0 Å². The molecule has 0 aromatic carbocycles. The minimum absolute atomic E-state index is 0.102. The maximum Gasteiger partial charge on any atom is 0.416 e. The van der Waals surface area contributed by atoms with E-state index in [1.807, 2.05) is 13.8 Å². The van der Waals surface area contributed by atoms with Crippen LogP contribution in [0.15, 0.2) is 12.1 Å². The SMILES string of the molecule is CCC(CC)Nc1cc(C(F)(F)F)cc(N)n1. The zero-order valence-corrected chi connectivity index (χ0v) is 9.80. The van der Waals surface area contributed by atoms with Gasteiger partial charge in [-0.3, -0.25) is 0 Å². The summed E-state index contributed by atoms with van der Waals surface area (Å²) in [7, 11) is 0. The smallest absolute Gasteiger partial charge is 0.384 e. The summed E-state index contributed by atoms with van der Waals surface area (Å²) in [5.41, 5.74) is 4.58. The molecule has 0 aliphatic rings. The van der Waals surface area contributed by atoms with Crippen LogP contribution in [0, 0.1) is 0 Å². The highest BCUT2D eigenvalue weighted by molar-refractivity contribution is 5.47. The van der Waals surface area contributed by atoms with Crippen LogP contribution in [0.1, 0.15) is 32.3 Å². The van der Waals surface area contributed by atoms with Crippen LogP contribution in [0.25, 0.3) is 0 Å². The quantitative estimate of drug-likeness (QED) is 0.858. The summed E-state index contributed by atoms with van der Waals surface area (Å²) in [5.74, 6) is 0.0410. The van der Waals surface area contributed by atoms with E-state index in [-0.39, 0.29) is 17.7 Å². The molecule has 0 aliphatic carbocycles.